The van der Waals surface area contributed by atoms with E-state index in [9.17, 15) is 0 Å². The van der Waals surface area contributed by atoms with Gasteiger partial charge in [0.15, 0.2) is 0 Å². The number of hydrogen-bond donors (Lipinski definition) is 2. The van der Waals surface area contributed by atoms with Gasteiger partial charge in [-0.05, 0) is 38.8 Å². The van der Waals surface area contributed by atoms with E-state index in [1.165, 1.54) is 37.3 Å². The largest absolute Gasteiger partial charge is 0.348 e. The molecule has 0 saturated carbocycles. The Kier molecular flexibility index (Phi) is 2.87. The van der Waals surface area contributed by atoms with E-state index in [-0.39, 0.29) is 0 Å². The van der Waals surface area contributed by atoms with E-state index < -0.39 is 0 Å². The van der Waals surface area contributed by atoms with Gasteiger partial charge in [-0.3, -0.25) is 0 Å². The topological polar surface area (TPSA) is 40.7 Å². The number of nitrogens with zero attached hydrogens (tertiary/aromatic N) is 1. The molecule has 0 spiro atoms. The zero-order chi connectivity index (χ0) is 9.97. The number of aromatic nitrogens is 2. The lowest BCUT2D eigenvalue weighted by Crippen LogP contribution is -2.30. The molecule has 1 saturated heterocycles. The lowest BCUT2D eigenvalue weighted by molar-refractivity contribution is 0.326. The normalized spacial score (nSPS) is 21.0. The summed E-state index contributed by atoms with van der Waals surface area (Å²) in [5, 5.41) is 3.40. The third-order valence-corrected chi connectivity index (χ3v) is 3.39. The minimum absolute atomic E-state index is 0.600. The average Bonchev–Trinajstić information content (AvgIpc) is 2.65. The Morgan fingerprint density at radius 1 is 1.43 bits per heavy atom. The second-order valence-corrected chi connectivity index (χ2v) is 4.29. The van der Waals surface area contributed by atoms with Gasteiger partial charge in [0, 0.05) is 11.6 Å². The first-order chi connectivity index (χ1) is 6.79. The highest BCUT2D eigenvalue weighted by Gasteiger charge is 2.23. The second kappa shape index (κ2) is 4.13. The third-order valence-electron chi connectivity index (χ3n) is 3.39. The Bertz CT molecular complexity index is 286. The molecule has 1 atom stereocenters. The molecule has 3 nitrogen and oxygen atoms in total. The van der Waals surface area contributed by atoms with E-state index >= 15 is 0 Å². The molecule has 0 aliphatic carbocycles. The summed E-state index contributed by atoms with van der Waals surface area (Å²) in [5.41, 5.74) is 2.49. The van der Waals surface area contributed by atoms with Gasteiger partial charge in [-0.1, -0.05) is 6.92 Å². The predicted octanol–water partition coefficient (Wildman–Crippen LogP) is 1.82. The predicted molar refractivity (Wildman–Crippen MR) is 57.3 cm³/mol. The van der Waals surface area contributed by atoms with Gasteiger partial charge in [-0.2, -0.15) is 0 Å². The van der Waals surface area contributed by atoms with Crippen LogP contribution in [0.15, 0.2) is 6.33 Å². The van der Waals surface area contributed by atoms with Crippen LogP contribution in [0, 0.1) is 12.8 Å². The molecule has 2 N–H and O–H groups in total. The molecular weight excluding hydrogens is 174 g/mol. The second-order valence-electron chi connectivity index (χ2n) is 4.29. The van der Waals surface area contributed by atoms with Gasteiger partial charge in [0.2, 0.25) is 0 Å². The minimum Gasteiger partial charge on any atom is -0.348 e. The highest BCUT2D eigenvalue weighted by atomic mass is 14.9. The first-order valence-corrected chi connectivity index (χ1v) is 5.49. The zero-order valence-electron chi connectivity index (χ0n) is 9.01. The molecule has 14 heavy (non-hydrogen) atoms. The van der Waals surface area contributed by atoms with Gasteiger partial charge in [-0.15, -0.1) is 0 Å². The summed E-state index contributed by atoms with van der Waals surface area (Å²) >= 11 is 0. The lowest BCUT2D eigenvalue weighted by atomic mass is 9.83. The summed E-state index contributed by atoms with van der Waals surface area (Å²) < 4.78 is 0. The number of imidazole rings is 1. The molecule has 0 radical (unpaired) electrons. The summed E-state index contributed by atoms with van der Waals surface area (Å²) in [5.74, 6) is 1.40. The Balaban J connectivity index is 2.07. The highest BCUT2D eigenvalue weighted by molar-refractivity contribution is 5.14. The molecule has 1 unspecified atom stereocenters. The first kappa shape index (κ1) is 9.71. The fourth-order valence-electron chi connectivity index (χ4n) is 2.40. The molecule has 0 bridgehead atoms. The molecule has 0 aromatic carbocycles. The van der Waals surface area contributed by atoms with Crippen LogP contribution in [0.4, 0.5) is 0 Å². The number of aryl methyl sites for hydroxylation is 1. The van der Waals surface area contributed by atoms with Crippen LogP contribution in [0.2, 0.25) is 0 Å². The van der Waals surface area contributed by atoms with Crippen LogP contribution < -0.4 is 5.32 Å². The number of nitrogens with one attached hydrogen (secondary N) is 2. The van der Waals surface area contributed by atoms with Crippen molar-refractivity contribution < 1.29 is 0 Å². The Labute approximate surface area is 85.3 Å². The van der Waals surface area contributed by atoms with E-state index in [1.54, 1.807) is 0 Å². The van der Waals surface area contributed by atoms with Crippen molar-refractivity contribution in [3.63, 3.8) is 0 Å². The summed E-state index contributed by atoms with van der Waals surface area (Å²) in [4.78, 5) is 7.58. The van der Waals surface area contributed by atoms with Crippen LogP contribution in [0.1, 0.15) is 37.1 Å². The molecule has 0 amide bonds. The maximum absolute atomic E-state index is 4.41. The summed E-state index contributed by atoms with van der Waals surface area (Å²) in [6.07, 6.45) is 4.38. The van der Waals surface area contributed by atoms with Crippen LogP contribution >= 0.6 is 0 Å². The number of H-pyrrole nitrogens is 1. The van der Waals surface area contributed by atoms with E-state index in [4.69, 9.17) is 0 Å². The maximum atomic E-state index is 4.41. The van der Waals surface area contributed by atoms with Crippen molar-refractivity contribution in [2.24, 2.45) is 5.92 Å². The van der Waals surface area contributed by atoms with Crippen molar-refractivity contribution in [1.82, 2.24) is 15.3 Å². The number of aromatic amines is 1. The van der Waals surface area contributed by atoms with Crippen molar-refractivity contribution in [1.29, 1.82) is 0 Å². The number of rotatable bonds is 2. The van der Waals surface area contributed by atoms with Crippen LogP contribution in [0.3, 0.4) is 0 Å². The summed E-state index contributed by atoms with van der Waals surface area (Å²) in [6, 6.07) is 0. The molecule has 78 valence electrons. The molecular formula is C11H19N3. The smallest absolute Gasteiger partial charge is 0.0925 e. The molecule has 1 aliphatic heterocycles. The van der Waals surface area contributed by atoms with Gasteiger partial charge in [0.1, 0.15) is 0 Å². The fraction of sp³-hybridized carbons (Fsp3) is 0.727. The molecule has 2 heterocycles. The van der Waals surface area contributed by atoms with Crippen molar-refractivity contribution >= 4 is 0 Å². The zero-order valence-corrected chi connectivity index (χ0v) is 9.01. The third kappa shape index (κ3) is 1.82. The molecule has 1 aromatic heterocycles. The molecule has 3 heteroatoms. The van der Waals surface area contributed by atoms with Crippen LogP contribution in [0.25, 0.3) is 0 Å². The Hall–Kier alpha value is -0.830. The number of hydrogen-bond acceptors (Lipinski definition) is 2. The monoisotopic (exact) mass is 193 g/mol. The van der Waals surface area contributed by atoms with Crippen LogP contribution in [-0.4, -0.2) is 23.1 Å². The van der Waals surface area contributed by atoms with E-state index in [0.29, 0.717) is 5.92 Å². The molecule has 1 fully saturated rings. The quantitative estimate of drug-likeness (QED) is 0.752. The van der Waals surface area contributed by atoms with Crippen molar-refractivity contribution in [2.45, 2.75) is 32.6 Å². The van der Waals surface area contributed by atoms with E-state index in [0.717, 1.165) is 5.92 Å². The van der Waals surface area contributed by atoms with Gasteiger partial charge >= 0.3 is 0 Å². The number of piperidine rings is 1. The van der Waals surface area contributed by atoms with Crippen LogP contribution in [0.5, 0.6) is 0 Å². The van der Waals surface area contributed by atoms with Gasteiger partial charge in [0.25, 0.3) is 0 Å². The highest BCUT2D eigenvalue weighted by Crippen LogP contribution is 2.30. The first-order valence-electron chi connectivity index (χ1n) is 5.49. The lowest BCUT2D eigenvalue weighted by Gasteiger charge is -2.27. The fourth-order valence-corrected chi connectivity index (χ4v) is 2.40. The summed E-state index contributed by atoms with van der Waals surface area (Å²) in [6.45, 7) is 6.75. The average molecular weight is 193 g/mol. The SMILES string of the molecule is Cc1[nH]cnc1C(C)C1CCNCC1. The Morgan fingerprint density at radius 3 is 2.71 bits per heavy atom. The van der Waals surface area contributed by atoms with Gasteiger partial charge in [-0.25, -0.2) is 4.98 Å². The maximum Gasteiger partial charge on any atom is 0.0925 e. The molecule has 1 aliphatic rings. The van der Waals surface area contributed by atoms with Crippen molar-refractivity contribution in [3.05, 3.63) is 17.7 Å². The standard InChI is InChI=1S/C11H19N3/c1-8(10-3-5-12-6-4-10)11-9(2)13-7-14-11/h7-8,10,12H,3-6H2,1-2H3,(H,13,14). The van der Waals surface area contributed by atoms with Gasteiger partial charge < -0.3 is 10.3 Å². The summed E-state index contributed by atoms with van der Waals surface area (Å²) in [7, 11) is 0. The van der Waals surface area contributed by atoms with Crippen molar-refractivity contribution in [2.75, 3.05) is 13.1 Å². The minimum atomic E-state index is 0.600. The Morgan fingerprint density at radius 2 is 2.14 bits per heavy atom. The van der Waals surface area contributed by atoms with Crippen molar-refractivity contribution in [3.8, 4) is 0 Å². The van der Waals surface area contributed by atoms with Gasteiger partial charge in [0.05, 0.1) is 12.0 Å². The molecule has 1 aromatic rings. The molecule has 2 rings (SSSR count). The van der Waals surface area contributed by atoms with Crippen LogP contribution in [-0.2, 0) is 0 Å². The van der Waals surface area contributed by atoms with E-state index in [2.05, 4.69) is 29.1 Å². The van der Waals surface area contributed by atoms with E-state index in [1.807, 2.05) is 6.33 Å².